The molecule has 0 fully saturated rings. The number of carbonyl (C=O) groups excluding carboxylic acids is 1. The van der Waals surface area contributed by atoms with Gasteiger partial charge in [-0.1, -0.05) is 351 Å². The number of allylic oxidation sites excluding steroid dienone is 10. The number of carbonyl (C=O) groups is 1. The van der Waals surface area contributed by atoms with Crippen LogP contribution in [0.5, 0.6) is 0 Å². The van der Waals surface area contributed by atoms with Crippen LogP contribution in [-0.4, -0.2) is 68.5 Å². The molecule has 8 nitrogen and oxygen atoms in total. The fourth-order valence-electron chi connectivity index (χ4n) is 11.0. The van der Waals surface area contributed by atoms with Gasteiger partial charge in [0.25, 0.3) is 7.82 Å². The lowest BCUT2D eigenvalue weighted by Gasteiger charge is -2.30. The molecule has 0 aromatic carbocycles. The van der Waals surface area contributed by atoms with Crippen LogP contribution < -0.4 is 10.2 Å². The van der Waals surface area contributed by atoms with E-state index in [9.17, 15) is 19.4 Å². The van der Waals surface area contributed by atoms with Crippen LogP contribution in [0.25, 0.3) is 0 Å². The predicted molar refractivity (Wildman–Crippen MR) is 362 cm³/mol. The number of phosphoric acid groups is 1. The van der Waals surface area contributed by atoms with Gasteiger partial charge >= 0.3 is 0 Å². The molecule has 0 aliphatic heterocycles. The summed E-state index contributed by atoms with van der Waals surface area (Å²) in [6, 6.07) is -0.801. The van der Waals surface area contributed by atoms with Gasteiger partial charge in [0.15, 0.2) is 0 Å². The van der Waals surface area contributed by atoms with Gasteiger partial charge in [0.2, 0.25) is 5.91 Å². The minimum absolute atomic E-state index is 0.0138. The zero-order valence-electron chi connectivity index (χ0n) is 55.9. The number of aliphatic hydroxyl groups excluding tert-OH is 1. The molecule has 0 aromatic rings. The van der Waals surface area contributed by atoms with Crippen LogP contribution in [0, 0.1) is 0 Å². The van der Waals surface area contributed by atoms with E-state index in [1.807, 2.05) is 21.1 Å². The number of hydrogen-bond acceptors (Lipinski definition) is 6. The molecule has 0 saturated heterocycles. The molecule has 0 rings (SSSR count). The number of amides is 1. The Morgan fingerprint density at radius 3 is 1.07 bits per heavy atom. The van der Waals surface area contributed by atoms with Gasteiger partial charge in [0.1, 0.15) is 13.2 Å². The van der Waals surface area contributed by atoms with Crippen molar-refractivity contribution in [3.63, 3.8) is 0 Å². The maximum atomic E-state index is 13.1. The minimum atomic E-state index is -4.58. The summed E-state index contributed by atoms with van der Waals surface area (Å²) < 4.78 is 23.5. The fourth-order valence-corrected chi connectivity index (χ4v) is 11.7. The van der Waals surface area contributed by atoms with Gasteiger partial charge in [0, 0.05) is 6.42 Å². The Bertz CT molecular complexity index is 1540. The third kappa shape index (κ3) is 67.6. The average Bonchev–Trinajstić information content (AvgIpc) is 3.50. The first-order valence-corrected chi connectivity index (χ1v) is 37.6. The number of quaternary nitrogens is 1. The largest absolute Gasteiger partial charge is 0.756 e. The van der Waals surface area contributed by atoms with Crippen molar-refractivity contribution < 1.29 is 32.9 Å². The highest BCUT2D eigenvalue weighted by Gasteiger charge is 2.24. The molecule has 83 heavy (non-hydrogen) atoms. The van der Waals surface area contributed by atoms with Crippen molar-refractivity contribution in [3.05, 3.63) is 60.8 Å². The molecule has 0 saturated carbocycles. The molecule has 3 unspecified atom stereocenters. The summed E-state index contributed by atoms with van der Waals surface area (Å²) in [4.78, 5) is 25.7. The minimum Gasteiger partial charge on any atom is -0.756 e. The van der Waals surface area contributed by atoms with Gasteiger partial charge in [-0.3, -0.25) is 9.36 Å². The monoisotopic (exact) mass is 1190 g/mol. The smallest absolute Gasteiger partial charge is 0.268 e. The van der Waals surface area contributed by atoms with Crippen molar-refractivity contribution in [2.45, 2.75) is 366 Å². The average molecular weight is 1190 g/mol. The molecule has 488 valence electrons. The Morgan fingerprint density at radius 1 is 0.434 bits per heavy atom. The lowest BCUT2D eigenvalue weighted by molar-refractivity contribution is -0.870. The molecule has 0 aliphatic rings. The molecule has 0 heterocycles. The highest BCUT2D eigenvalue weighted by molar-refractivity contribution is 7.45. The summed E-state index contributed by atoms with van der Waals surface area (Å²) in [6.07, 6.45) is 88.8. The molecule has 0 bridgehead atoms. The Labute approximate surface area is 517 Å². The van der Waals surface area contributed by atoms with Crippen molar-refractivity contribution in [1.82, 2.24) is 5.32 Å². The van der Waals surface area contributed by atoms with E-state index in [4.69, 9.17) is 9.05 Å². The van der Waals surface area contributed by atoms with Gasteiger partial charge in [-0.25, -0.2) is 0 Å². The van der Waals surface area contributed by atoms with E-state index in [0.29, 0.717) is 23.9 Å². The van der Waals surface area contributed by atoms with Crippen LogP contribution in [0.4, 0.5) is 0 Å². The highest BCUT2D eigenvalue weighted by atomic mass is 31.2. The summed E-state index contributed by atoms with van der Waals surface area (Å²) in [6.45, 7) is 4.66. The van der Waals surface area contributed by atoms with E-state index >= 15 is 0 Å². The number of hydrogen-bond donors (Lipinski definition) is 2. The first-order valence-electron chi connectivity index (χ1n) is 36.1. The number of phosphoric ester groups is 1. The van der Waals surface area contributed by atoms with E-state index in [1.54, 1.807) is 0 Å². The SMILES string of the molecule is CC/C=C\C/C=C\C/C=C\C/C=C\C/C=C\CCCCCCCCCCCCCCCCCCCCCCCCCC(=O)NC(COP(=O)([O-])OCC[N+](C)(C)C)C(O)CCCCCCCCCCCCCCCCCCCCCCCC. The van der Waals surface area contributed by atoms with Gasteiger partial charge < -0.3 is 28.8 Å². The van der Waals surface area contributed by atoms with Crippen LogP contribution in [0.1, 0.15) is 354 Å². The topological polar surface area (TPSA) is 108 Å². The van der Waals surface area contributed by atoms with E-state index in [1.165, 1.54) is 257 Å². The number of likely N-dealkylation sites (N-methyl/N-ethyl adjacent to an activating group) is 1. The van der Waals surface area contributed by atoms with Crippen molar-refractivity contribution >= 4 is 13.7 Å². The lowest BCUT2D eigenvalue weighted by Crippen LogP contribution is -2.46. The number of aliphatic hydroxyl groups is 1. The Balaban J connectivity index is 3.93. The first-order chi connectivity index (χ1) is 40.5. The second-order valence-corrected chi connectivity index (χ2v) is 27.3. The fraction of sp³-hybridized carbons (Fsp3) is 0.851. The maximum absolute atomic E-state index is 13.1. The van der Waals surface area contributed by atoms with Crippen LogP contribution in [-0.2, 0) is 18.4 Å². The molecule has 1 amide bonds. The molecular formula is C74H141N2O6P. The number of unbranched alkanes of at least 4 members (excludes halogenated alkanes) is 44. The summed E-state index contributed by atoms with van der Waals surface area (Å²) in [7, 11) is 1.32. The molecule has 0 aliphatic carbocycles. The highest BCUT2D eigenvalue weighted by Crippen LogP contribution is 2.38. The van der Waals surface area contributed by atoms with Crippen molar-refractivity contribution in [3.8, 4) is 0 Å². The Hall–Kier alpha value is -1.80. The van der Waals surface area contributed by atoms with Crippen molar-refractivity contribution in [1.29, 1.82) is 0 Å². The molecule has 9 heteroatoms. The second kappa shape index (κ2) is 64.7. The Morgan fingerprint density at radius 2 is 0.735 bits per heavy atom. The summed E-state index contributed by atoms with van der Waals surface area (Å²) >= 11 is 0. The van der Waals surface area contributed by atoms with Crippen molar-refractivity contribution in [2.75, 3.05) is 40.9 Å². The first kappa shape index (κ1) is 81.2. The maximum Gasteiger partial charge on any atom is 0.268 e. The van der Waals surface area contributed by atoms with E-state index < -0.39 is 20.0 Å². The summed E-state index contributed by atoms with van der Waals surface area (Å²) in [5, 5.41) is 14.1. The predicted octanol–water partition coefficient (Wildman–Crippen LogP) is 22.5. The summed E-state index contributed by atoms with van der Waals surface area (Å²) in [5.41, 5.74) is 0. The van der Waals surface area contributed by atoms with E-state index in [-0.39, 0.29) is 19.1 Å². The van der Waals surface area contributed by atoms with E-state index in [0.717, 1.165) is 70.6 Å². The third-order valence-electron chi connectivity index (χ3n) is 16.5. The Kier molecular flexibility index (Phi) is 63.3. The van der Waals surface area contributed by atoms with Gasteiger partial charge in [-0.05, 0) is 57.8 Å². The van der Waals surface area contributed by atoms with Crippen LogP contribution in [0.2, 0.25) is 0 Å². The third-order valence-corrected chi connectivity index (χ3v) is 17.5. The zero-order valence-corrected chi connectivity index (χ0v) is 56.8. The van der Waals surface area contributed by atoms with Gasteiger partial charge in [-0.15, -0.1) is 0 Å². The molecule has 0 spiro atoms. The van der Waals surface area contributed by atoms with Crippen LogP contribution >= 0.6 is 7.82 Å². The molecular weight excluding hydrogens is 1040 g/mol. The van der Waals surface area contributed by atoms with Gasteiger partial charge in [-0.2, -0.15) is 0 Å². The number of rotatable bonds is 67. The standard InChI is InChI=1S/C74H141N2O6P/c1-6-8-10-12-14-16-18-20-22-24-26-28-30-31-32-33-34-35-36-37-38-39-40-41-42-43-44-45-46-48-50-52-54-56-58-60-62-64-66-68-74(78)75-72(71-82-83(79,80)81-70-69-76(3,4)5)73(77)67-65-63-61-59-57-55-53-51-49-47-29-27-25-23-21-19-17-15-13-11-9-7-2/h8,10,14,16,20,22,26,28,31-32,72-73,77H,6-7,9,11-13,15,17-19,21,23-25,27,29-30,33-71H2,1-5H3,(H-,75,78,79,80)/b10-8-,16-14-,22-20-,28-26-,32-31-. The quantitative estimate of drug-likeness (QED) is 0.0272. The molecule has 0 aromatic heterocycles. The molecule has 3 atom stereocenters. The molecule has 2 N–H and O–H groups in total. The zero-order chi connectivity index (χ0) is 60.5. The number of nitrogens with one attached hydrogen (secondary N) is 1. The molecule has 0 radical (unpaired) electrons. The van der Waals surface area contributed by atoms with Crippen LogP contribution in [0.3, 0.4) is 0 Å². The van der Waals surface area contributed by atoms with E-state index in [2.05, 4.69) is 79.9 Å². The second-order valence-electron chi connectivity index (χ2n) is 25.9. The van der Waals surface area contributed by atoms with Gasteiger partial charge in [0.05, 0.1) is 39.9 Å². The normalized spacial score (nSPS) is 14.0. The van der Waals surface area contributed by atoms with Crippen LogP contribution in [0.15, 0.2) is 60.8 Å². The summed E-state index contributed by atoms with van der Waals surface area (Å²) in [5.74, 6) is -0.157. The van der Waals surface area contributed by atoms with Crippen molar-refractivity contribution in [2.24, 2.45) is 0 Å². The number of nitrogens with zero attached hydrogens (tertiary/aromatic N) is 1. The lowest BCUT2D eigenvalue weighted by atomic mass is 10.0.